The third-order valence-electron chi connectivity index (χ3n) is 2.87. The molecule has 0 fully saturated rings. The van der Waals surface area contributed by atoms with Gasteiger partial charge in [-0.2, -0.15) is 5.10 Å². The first-order chi connectivity index (χ1) is 9.51. The monoisotopic (exact) mass is 277 g/mol. The molecule has 2 N–H and O–H groups in total. The fourth-order valence-corrected chi connectivity index (χ4v) is 1.91. The first-order valence-electron chi connectivity index (χ1n) is 6.26. The van der Waals surface area contributed by atoms with Crippen molar-refractivity contribution in [1.29, 1.82) is 0 Å². The molecule has 2 rings (SSSR count). The van der Waals surface area contributed by atoms with Gasteiger partial charge in [0.05, 0.1) is 17.0 Å². The van der Waals surface area contributed by atoms with E-state index >= 15 is 0 Å². The molecule has 0 atom stereocenters. The Bertz CT molecular complexity index is 637. The summed E-state index contributed by atoms with van der Waals surface area (Å²) in [5.74, 6) is -1.18. The highest BCUT2D eigenvalue weighted by atomic mass is 19.1. The molecule has 20 heavy (non-hydrogen) atoms. The van der Waals surface area contributed by atoms with Gasteiger partial charge in [-0.05, 0) is 38.1 Å². The molecule has 0 spiro atoms. The molecule has 0 saturated carbocycles. The van der Waals surface area contributed by atoms with Crippen LogP contribution in [0.2, 0.25) is 0 Å². The number of hydrogen-bond donors (Lipinski definition) is 1. The maximum atomic E-state index is 13.1. The molecule has 0 radical (unpaired) electrons. The number of esters is 1. The largest absolute Gasteiger partial charge is 0.456 e. The normalized spacial score (nSPS) is 10.6. The van der Waals surface area contributed by atoms with Crippen molar-refractivity contribution in [2.75, 3.05) is 5.73 Å². The Morgan fingerprint density at radius 3 is 2.90 bits per heavy atom. The summed E-state index contributed by atoms with van der Waals surface area (Å²) in [6.45, 7) is 4.57. The number of nitrogen functional groups attached to an aromatic ring is 1. The van der Waals surface area contributed by atoms with Gasteiger partial charge in [-0.1, -0.05) is 0 Å². The Morgan fingerprint density at radius 1 is 1.45 bits per heavy atom. The smallest absolute Gasteiger partial charge is 0.340 e. The van der Waals surface area contributed by atoms with Gasteiger partial charge in [0.25, 0.3) is 0 Å². The summed E-state index contributed by atoms with van der Waals surface area (Å²) in [4.78, 5) is 11.9. The summed E-state index contributed by atoms with van der Waals surface area (Å²) in [6, 6.07) is 5.44. The number of carbonyl (C=O) groups is 1. The first-order valence-corrected chi connectivity index (χ1v) is 6.26. The molecule has 0 saturated heterocycles. The number of halogens is 1. The van der Waals surface area contributed by atoms with Gasteiger partial charge in [0, 0.05) is 12.2 Å². The lowest BCUT2D eigenvalue weighted by molar-refractivity contribution is 0.0463. The molecule has 5 nitrogen and oxygen atoms in total. The molecule has 1 heterocycles. The second-order valence-electron chi connectivity index (χ2n) is 4.40. The number of rotatable bonds is 4. The lowest BCUT2D eigenvalue weighted by atomic mass is 10.2. The molecule has 2 aromatic rings. The third kappa shape index (κ3) is 2.96. The van der Waals surface area contributed by atoms with E-state index in [1.54, 1.807) is 4.68 Å². The number of hydrogen-bond acceptors (Lipinski definition) is 4. The average Bonchev–Trinajstić information content (AvgIpc) is 2.79. The molecular formula is C14H16FN3O2. The second-order valence-corrected chi connectivity index (χ2v) is 4.40. The first kappa shape index (κ1) is 14.0. The van der Waals surface area contributed by atoms with E-state index in [9.17, 15) is 9.18 Å². The van der Waals surface area contributed by atoms with E-state index in [1.165, 1.54) is 12.1 Å². The average molecular weight is 277 g/mol. The number of carbonyl (C=O) groups excluding carboxylic acids is 1. The third-order valence-corrected chi connectivity index (χ3v) is 2.87. The van der Waals surface area contributed by atoms with Crippen LogP contribution in [0.5, 0.6) is 0 Å². The van der Waals surface area contributed by atoms with Crippen LogP contribution >= 0.6 is 0 Å². The standard InChI is InChI=1S/C14H16FN3O2/c1-3-18-11(6-9(2)17-18)8-20-14(19)12-7-10(15)4-5-13(12)16/h4-7H,3,8,16H2,1-2H3. The lowest BCUT2D eigenvalue weighted by Crippen LogP contribution is -2.11. The van der Waals surface area contributed by atoms with Crippen molar-refractivity contribution in [3.05, 3.63) is 47.0 Å². The van der Waals surface area contributed by atoms with Gasteiger partial charge in [0.15, 0.2) is 0 Å². The van der Waals surface area contributed by atoms with Crippen LogP contribution in [0.4, 0.5) is 10.1 Å². The van der Waals surface area contributed by atoms with Gasteiger partial charge < -0.3 is 10.5 Å². The molecule has 6 heteroatoms. The van der Waals surface area contributed by atoms with E-state index in [0.29, 0.717) is 6.54 Å². The second kappa shape index (κ2) is 5.73. The molecular weight excluding hydrogens is 261 g/mol. The summed E-state index contributed by atoms with van der Waals surface area (Å²) >= 11 is 0. The summed E-state index contributed by atoms with van der Waals surface area (Å²) in [6.07, 6.45) is 0. The minimum absolute atomic E-state index is 0.0317. The van der Waals surface area contributed by atoms with Gasteiger partial charge in [-0.3, -0.25) is 4.68 Å². The van der Waals surface area contributed by atoms with Crippen molar-refractivity contribution in [1.82, 2.24) is 9.78 Å². The quantitative estimate of drug-likeness (QED) is 0.687. The number of anilines is 1. The van der Waals surface area contributed by atoms with E-state index in [4.69, 9.17) is 10.5 Å². The Balaban J connectivity index is 2.10. The number of aromatic nitrogens is 2. The van der Waals surface area contributed by atoms with Crippen LogP contribution in [0.25, 0.3) is 0 Å². The van der Waals surface area contributed by atoms with E-state index < -0.39 is 11.8 Å². The number of aryl methyl sites for hydroxylation is 2. The predicted octanol–water partition coefficient (Wildman–Crippen LogP) is 2.29. The summed E-state index contributed by atoms with van der Waals surface area (Å²) in [5, 5.41) is 4.25. The van der Waals surface area contributed by atoms with Crippen LogP contribution in [-0.4, -0.2) is 15.7 Å². The fourth-order valence-electron chi connectivity index (χ4n) is 1.91. The topological polar surface area (TPSA) is 70.1 Å². The highest BCUT2D eigenvalue weighted by molar-refractivity contribution is 5.94. The predicted molar refractivity (Wildman–Crippen MR) is 72.6 cm³/mol. The van der Waals surface area contributed by atoms with Crippen LogP contribution in [0, 0.1) is 12.7 Å². The van der Waals surface area contributed by atoms with Gasteiger partial charge in [0.2, 0.25) is 0 Å². The van der Waals surface area contributed by atoms with Gasteiger partial charge >= 0.3 is 5.97 Å². The number of nitrogens with two attached hydrogens (primary N) is 1. The molecule has 1 aromatic heterocycles. The molecule has 0 aliphatic carbocycles. The van der Waals surface area contributed by atoms with Crippen LogP contribution in [-0.2, 0) is 17.9 Å². The summed E-state index contributed by atoms with van der Waals surface area (Å²) in [5.41, 5.74) is 7.49. The van der Waals surface area contributed by atoms with Crippen molar-refractivity contribution in [2.45, 2.75) is 27.0 Å². The van der Waals surface area contributed by atoms with Gasteiger partial charge in [0.1, 0.15) is 12.4 Å². The molecule has 1 aromatic carbocycles. The van der Waals surface area contributed by atoms with Gasteiger partial charge in [-0.25, -0.2) is 9.18 Å². The summed E-state index contributed by atoms with van der Waals surface area (Å²) in [7, 11) is 0. The zero-order chi connectivity index (χ0) is 14.7. The Hall–Kier alpha value is -2.37. The van der Waals surface area contributed by atoms with Crippen molar-refractivity contribution in [3.8, 4) is 0 Å². The van der Waals surface area contributed by atoms with E-state index in [0.717, 1.165) is 17.5 Å². The minimum Gasteiger partial charge on any atom is -0.456 e. The van der Waals surface area contributed by atoms with E-state index in [-0.39, 0.29) is 17.9 Å². The number of benzene rings is 1. The lowest BCUT2D eigenvalue weighted by Gasteiger charge is -2.08. The molecule has 0 unspecified atom stereocenters. The SMILES string of the molecule is CCn1nc(C)cc1COC(=O)c1cc(F)ccc1N. The minimum atomic E-state index is -0.650. The molecule has 0 aliphatic rings. The fraction of sp³-hybridized carbons (Fsp3) is 0.286. The maximum Gasteiger partial charge on any atom is 0.340 e. The van der Waals surface area contributed by atoms with E-state index in [1.807, 2.05) is 19.9 Å². The molecule has 106 valence electrons. The van der Waals surface area contributed by atoms with Crippen LogP contribution in [0.15, 0.2) is 24.3 Å². The Morgan fingerprint density at radius 2 is 2.20 bits per heavy atom. The number of nitrogens with zero attached hydrogens (tertiary/aromatic N) is 2. The van der Waals surface area contributed by atoms with Crippen LogP contribution in [0.3, 0.4) is 0 Å². The highest BCUT2D eigenvalue weighted by Crippen LogP contribution is 2.15. The maximum absolute atomic E-state index is 13.1. The molecule has 0 bridgehead atoms. The zero-order valence-electron chi connectivity index (χ0n) is 11.4. The molecule has 0 aliphatic heterocycles. The van der Waals surface area contributed by atoms with Crippen molar-refractivity contribution >= 4 is 11.7 Å². The van der Waals surface area contributed by atoms with Crippen molar-refractivity contribution < 1.29 is 13.9 Å². The van der Waals surface area contributed by atoms with E-state index in [2.05, 4.69) is 5.10 Å². The Labute approximate surface area is 116 Å². The van der Waals surface area contributed by atoms with Crippen LogP contribution in [0.1, 0.15) is 28.7 Å². The molecule has 0 amide bonds. The van der Waals surface area contributed by atoms with Crippen molar-refractivity contribution in [3.63, 3.8) is 0 Å². The van der Waals surface area contributed by atoms with Crippen LogP contribution < -0.4 is 5.73 Å². The highest BCUT2D eigenvalue weighted by Gasteiger charge is 2.14. The summed E-state index contributed by atoms with van der Waals surface area (Å²) < 4.78 is 20.0. The Kier molecular flexibility index (Phi) is 4.02. The zero-order valence-corrected chi connectivity index (χ0v) is 11.4. The van der Waals surface area contributed by atoms with Crippen molar-refractivity contribution in [2.24, 2.45) is 0 Å². The number of ether oxygens (including phenoxy) is 1. The van der Waals surface area contributed by atoms with Gasteiger partial charge in [-0.15, -0.1) is 0 Å².